The van der Waals surface area contributed by atoms with Gasteiger partial charge in [-0.05, 0) is 30.7 Å². The lowest BCUT2D eigenvalue weighted by atomic mass is 10.1. The first-order valence-electron chi connectivity index (χ1n) is 7.02. The number of hydrogen-bond acceptors (Lipinski definition) is 4. The Kier molecular flexibility index (Phi) is 4.84. The second-order valence-electron chi connectivity index (χ2n) is 5.18. The van der Waals surface area contributed by atoms with Crippen LogP contribution >= 0.6 is 0 Å². The number of nitrogens with one attached hydrogen (secondary N) is 2. The van der Waals surface area contributed by atoms with Gasteiger partial charge in [-0.25, -0.2) is 13.1 Å². The van der Waals surface area contributed by atoms with E-state index in [0.29, 0.717) is 19.5 Å². The van der Waals surface area contributed by atoms with Gasteiger partial charge in [-0.3, -0.25) is 4.79 Å². The van der Waals surface area contributed by atoms with E-state index in [-0.39, 0.29) is 16.8 Å². The third kappa shape index (κ3) is 3.95. The van der Waals surface area contributed by atoms with Gasteiger partial charge in [0.25, 0.3) is 0 Å². The van der Waals surface area contributed by atoms with Crippen molar-refractivity contribution >= 4 is 21.6 Å². The van der Waals surface area contributed by atoms with E-state index < -0.39 is 10.0 Å². The van der Waals surface area contributed by atoms with Gasteiger partial charge in [-0.15, -0.1) is 0 Å². The van der Waals surface area contributed by atoms with E-state index in [1.165, 1.54) is 0 Å². The molecular formula is C14H21N3O3S. The van der Waals surface area contributed by atoms with Crippen LogP contribution in [0.3, 0.4) is 0 Å². The molecule has 1 saturated heterocycles. The van der Waals surface area contributed by atoms with Crippen LogP contribution in [0.5, 0.6) is 0 Å². The van der Waals surface area contributed by atoms with Crippen LogP contribution in [-0.2, 0) is 14.8 Å². The molecule has 116 valence electrons. The predicted molar refractivity (Wildman–Crippen MR) is 81.6 cm³/mol. The van der Waals surface area contributed by atoms with Crippen LogP contribution in [0, 0.1) is 0 Å². The summed E-state index contributed by atoms with van der Waals surface area (Å²) in [4.78, 5) is 13.4. The SMILES string of the molecule is CCNS(=O)(=O)c1ccc(NC2CCC(=O)N(C)C2)cc1. The Balaban J connectivity index is 2.01. The molecule has 0 saturated carbocycles. The van der Waals surface area contributed by atoms with E-state index >= 15 is 0 Å². The molecule has 1 unspecified atom stereocenters. The lowest BCUT2D eigenvalue weighted by Crippen LogP contribution is -2.43. The zero-order valence-corrected chi connectivity index (χ0v) is 13.1. The fourth-order valence-electron chi connectivity index (χ4n) is 2.37. The molecule has 0 radical (unpaired) electrons. The Hall–Kier alpha value is -1.60. The Bertz CT molecular complexity index is 598. The smallest absolute Gasteiger partial charge is 0.240 e. The first-order valence-corrected chi connectivity index (χ1v) is 8.51. The molecule has 1 aromatic rings. The summed E-state index contributed by atoms with van der Waals surface area (Å²) in [5.41, 5.74) is 0.859. The largest absolute Gasteiger partial charge is 0.381 e. The number of likely N-dealkylation sites (tertiary alicyclic amines) is 1. The van der Waals surface area contributed by atoms with E-state index in [1.54, 1.807) is 43.1 Å². The number of nitrogens with zero attached hydrogens (tertiary/aromatic N) is 1. The van der Waals surface area contributed by atoms with Crippen LogP contribution < -0.4 is 10.0 Å². The van der Waals surface area contributed by atoms with E-state index in [4.69, 9.17) is 0 Å². The molecule has 1 aromatic carbocycles. The first-order chi connectivity index (χ1) is 9.92. The zero-order chi connectivity index (χ0) is 15.5. The molecule has 1 amide bonds. The van der Waals surface area contributed by atoms with Crippen LogP contribution in [0.2, 0.25) is 0 Å². The van der Waals surface area contributed by atoms with Gasteiger partial charge in [0.2, 0.25) is 15.9 Å². The topological polar surface area (TPSA) is 78.5 Å². The van der Waals surface area contributed by atoms with Gasteiger partial charge in [0, 0.05) is 38.3 Å². The highest BCUT2D eigenvalue weighted by atomic mass is 32.2. The second kappa shape index (κ2) is 6.44. The van der Waals surface area contributed by atoms with Crippen molar-refractivity contribution in [3.8, 4) is 0 Å². The number of benzene rings is 1. The van der Waals surface area contributed by atoms with Crippen molar-refractivity contribution in [3.05, 3.63) is 24.3 Å². The molecule has 21 heavy (non-hydrogen) atoms. The van der Waals surface area contributed by atoms with Crippen molar-refractivity contribution in [2.24, 2.45) is 0 Å². The number of rotatable bonds is 5. The van der Waals surface area contributed by atoms with Crippen LogP contribution in [0.25, 0.3) is 0 Å². The molecule has 1 fully saturated rings. The summed E-state index contributed by atoms with van der Waals surface area (Å²) < 4.78 is 26.1. The molecule has 1 aliphatic rings. The van der Waals surface area contributed by atoms with E-state index in [1.807, 2.05) is 0 Å². The molecule has 1 atom stereocenters. The Morgan fingerprint density at radius 1 is 1.29 bits per heavy atom. The van der Waals surface area contributed by atoms with Gasteiger partial charge in [-0.2, -0.15) is 0 Å². The number of sulfonamides is 1. The number of likely N-dealkylation sites (N-methyl/N-ethyl adjacent to an activating group) is 1. The number of hydrogen-bond donors (Lipinski definition) is 2. The van der Waals surface area contributed by atoms with Crippen molar-refractivity contribution in [1.82, 2.24) is 9.62 Å². The van der Waals surface area contributed by atoms with Gasteiger partial charge in [0.1, 0.15) is 0 Å². The summed E-state index contributed by atoms with van der Waals surface area (Å²) in [6.45, 7) is 2.77. The van der Waals surface area contributed by atoms with Crippen LogP contribution in [0.4, 0.5) is 5.69 Å². The quantitative estimate of drug-likeness (QED) is 0.851. The molecule has 6 nitrogen and oxygen atoms in total. The summed E-state index contributed by atoms with van der Waals surface area (Å²) in [6.07, 6.45) is 1.33. The number of amides is 1. The summed E-state index contributed by atoms with van der Waals surface area (Å²) >= 11 is 0. The molecule has 0 aliphatic carbocycles. The molecule has 0 aromatic heterocycles. The molecule has 7 heteroatoms. The Morgan fingerprint density at radius 3 is 2.52 bits per heavy atom. The highest BCUT2D eigenvalue weighted by Crippen LogP contribution is 2.18. The third-order valence-corrected chi connectivity index (χ3v) is 5.06. The maximum absolute atomic E-state index is 11.8. The standard InChI is InChI=1S/C14H21N3O3S/c1-3-15-21(19,20)13-7-4-11(5-8-13)16-12-6-9-14(18)17(2)10-12/h4-5,7-8,12,15-16H,3,6,9-10H2,1-2H3. The first kappa shape index (κ1) is 15.8. The Labute approximate surface area is 125 Å². The van der Waals surface area contributed by atoms with Crippen molar-refractivity contribution in [3.63, 3.8) is 0 Å². The minimum Gasteiger partial charge on any atom is -0.381 e. The normalized spacial score (nSPS) is 19.6. The lowest BCUT2D eigenvalue weighted by molar-refractivity contribution is -0.132. The second-order valence-corrected chi connectivity index (χ2v) is 6.95. The average molecular weight is 311 g/mol. The number of carbonyl (C=O) groups excluding carboxylic acids is 1. The van der Waals surface area contributed by atoms with Gasteiger partial charge in [-0.1, -0.05) is 6.92 Å². The number of anilines is 1. The van der Waals surface area contributed by atoms with Crippen molar-refractivity contribution in [2.45, 2.75) is 30.7 Å². The Morgan fingerprint density at radius 2 is 1.95 bits per heavy atom. The third-order valence-electron chi connectivity index (χ3n) is 3.50. The average Bonchev–Trinajstić information content (AvgIpc) is 2.43. The minimum absolute atomic E-state index is 0.167. The zero-order valence-electron chi connectivity index (χ0n) is 12.3. The molecule has 1 aliphatic heterocycles. The lowest BCUT2D eigenvalue weighted by Gasteiger charge is -2.30. The van der Waals surface area contributed by atoms with Gasteiger partial charge < -0.3 is 10.2 Å². The van der Waals surface area contributed by atoms with Crippen molar-refractivity contribution < 1.29 is 13.2 Å². The molecule has 2 N–H and O–H groups in total. The molecule has 0 spiro atoms. The highest BCUT2D eigenvalue weighted by Gasteiger charge is 2.22. The van der Waals surface area contributed by atoms with E-state index in [9.17, 15) is 13.2 Å². The van der Waals surface area contributed by atoms with Crippen molar-refractivity contribution in [2.75, 3.05) is 25.5 Å². The van der Waals surface area contributed by atoms with E-state index in [0.717, 1.165) is 12.1 Å². The van der Waals surface area contributed by atoms with Gasteiger partial charge in [0.15, 0.2) is 0 Å². The summed E-state index contributed by atoms with van der Waals surface area (Å²) in [5.74, 6) is 0.167. The number of piperidine rings is 1. The summed E-state index contributed by atoms with van der Waals surface area (Å²) in [5, 5.41) is 3.33. The van der Waals surface area contributed by atoms with Crippen LogP contribution in [0.15, 0.2) is 29.2 Å². The molecule has 1 heterocycles. The number of carbonyl (C=O) groups is 1. The van der Waals surface area contributed by atoms with Crippen LogP contribution in [0.1, 0.15) is 19.8 Å². The monoisotopic (exact) mass is 311 g/mol. The molecule has 2 rings (SSSR count). The minimum atomic E-state index is -3.41. The summed E-state index contributed by atoms with van der Waals surface area (Å²) in [7, 11) is -1.61. The molecule has 0 bridgehead atoms. The van der Waals surface area contributed by atoms with Gasteiger partial charge >= 0.3 is 0 Å². The van der Waals surface area contributed by atoms with E-state index in [2.05, 4.69) is 10.0 Å². The summed E-state index contributed by atoms with van der Waals surface area (Å²) in [6, 6.07) is 6.86. The highest BCUT2D eigenvalue weighted by molar-refractivity contribution is 7.89. The van der Waals surface area contributed by atoms with Crippen molar-refractivity contribution in [1.29, 1.82) is 0 Å². The fourth-order valence-corrected chi connectivity index (χ4v) is 3.41. The molecular weight excluding hydrogens is 290 g/mol. The van der Waals surface area contributed by atoms with Crippen LogP contribution in [-0.4, -0.2) is 45.4 Å². The predicted octanol–water partition coefficient (Wildman–Crippen LogP) is 1.02. The maximum atomic E-state index is 11.8. The fraction of sp³-hybridized carbons (Fsp3) is 0.500. The maximum Gasteiger partial charge on any atom is 0.240 e. The van der Waals surface area contributed by atoms with Gasteiger partial charge in [0.05, 0.1) is 4.90 Å².